The Labute approximate surface area is 149 Å². The van der Waals surface area contributed by atoms with Gasteiger partial charge in [0.2, 0.25) is 0 Å². The van der Waals surface area contributed by atoms with Gasteiger partial charge in [-0.15, -0.1) is 0 Å². The second-order valence-electron chi connectivity index (χ2n) is 5.68. The SMILES string of the molecule is Cc1ccc(C(=O)OCC(=O)N(C)Cc2ccccc2F)cc1[N+](=O)[O-]. The number of hydrogen-bond donors (Lipinski definition) is 0. The second-order valence-corrected chi connectivity index (χ2v) is 5.68. The first-order chi connectivity index (χ1) is 12.3. The molecule has 0 aliphatic carbocycles. The summed E-state index contributed by atoms with van der Waals surface area (Å²) in [4.78, 5) is 35.6. The van der Waals surface area contributed by atoms with Crippen molar-refractivity contribution >= 4 is 17.6 Å². The quantitative estimate of drug-likeness (QED) is 0.449. The Morgan fingerprint density at radius 1 is 1.23 bits per heavy atom. The van der Waals surface area contributed by atoms with Crippen LogP contribution in [0.5, 0.6) is 0 Å². The standard InChI is InChI=1S/C18H17FN2O5/c1-12-7-8-13(9-16(12)21(24)25)18(23)26-11-17(22)20(2)10-14-5-3-4-6-15(14)19/h3-9H,10-11H2,1-2H3. The molecule has 0 unspecified atom stereocenters. The van der Waals surface area contributed by atoms with Crippen molar-refractivity contribution in [2.45, 2.75) is 13.5 Å². The van der Waals surface area contributed by atoms with Crippen LogP contribution >= 0.6 is 0 Å². The van der Waals surface area contributed by atoms with Crippen molar-refractivity contribution in [3.05, 3.63) is 75.1 Å². The second kappa shape index (κ2) is 8.19. The fourth-order valence-electron chi connectivity index (χ4n) is 2.22. The summed E-state index contributed by atoms with van der Waals surface area (Å²) in [5, 5.41) is 10.9. The van der Waals surface area contributed by atoms with Crippen LogP contribution in [0.4, 0.5) is 10.1 Å². The van der Waals surface area contributed by atoms with E-state index in [1.54, 1.807) is 25.1 Å². The monoisotopic (exact) mass is 360 g/mol. The number of halogens is 1. The summed E-state index contributed by atoms with van der Waals surface area (Å²) in [7, 11) is 1.46. The Balaban J connectivity index is 1.96. The summed E-state index contributed by atoms with van der Waals surface area (Å²) in [6.07, 6.45) is 0. The van der Waals surface area contributed by atoms with Gasteiger partial charge in [-0.1, -0.05) is 24.3 Å². The molecule has 0 N–H and O–H groups in total. The fraction of sp³-hybridized carbons (Fsp3) is 0.222. The first kappa shape index (κ1) is 19.0. The number of aryl methyl sites for hydroxylation is 1. The van der Waals surface area contributed by atoms with Gasteiger partial charge in [0, 0.05) is 30.8 Å². The van der Waals surface area contributed by atoms with E-state index in [0.717, 1.165) is 6.07 Å². The zero-order valence-electron chi connectivity index (χ0n) is 14.3. The fourth-order valence-corrected chi connectivity index (χ4v) is 2.22. The first-order valence-electron chi connectivity index (χ1n) is 7.69. The Hall–Kier alpha value is -3.29. The van der Waals surface area contributed by atoms with E-state index in [2.05, 4.69) is 0 Å². The van der Waals surface area contributed by atoms with E-state index in [1.165, 1.54) is 30.1 Å². The van der Waals surface area contributed by atoms with Gasteiger partial charge in [0.05, 0.1) is 10.5 Å². The molecule has 7 nitrogen and oxygen atoms in total. The van der Waals surface area contributed by atoms with Gasteiger partial charge < -0.3 is 9.64 Å². The number of esters is 1. The van der Waals surface area contributed by atoms with Crippen LogP contribution in [0.15, 0.2) is 42.5 Å². The molecule has 0 aliphatic heterocycles. The van der Waals surface area contributed by atoms with Gasteiger partial charge in [-0.05, 0) is 19.1 Å². The van der Waals surface area contributed by atoms with Gasteiger partial charge in [-0.25, -0.2) is 9.18 Å². The highest BCUT2D eigenvalue weighted by Crippen LogP contribution is 2.19. The highest BCUT2D eigenvalue weighted by Gasteiger charge is 2.18. The van der Waals surface area contributed by atoms with Gasteiger partial charge in [-0.3, -0.25) is 14.9 Å². The van der Waals surface area contributed by atoms with E-state index in [-0.39, 0.29) is 17.8 Å². The van der Waals surface area contributed by atoms with Crippen LogP contribution in [0.25, 0.3) is 0 Å². The topological polar surface area (TPSA) is 89.8 Å². The Morgan fingerprint density at radius 3 is 2.58 bits per heavy atom. The van der Waals surface area contributed by atoms with Gasteiger partial charge in [0.25, 0.3) is 11.6 Å². The Morgan fingerprint density at radius 2 is 1.92 bits per heavy atom. The number of nitro benzene ring substituents is 1. The number of rotatable bonds is 6. The molecule has 26 heavy (non-hydrogen) atoms. The number of nitrogens with zero attached hydrogens (tertiary/aromatic N) is 2. The van der Waals surface area contributed by atoms with E-state index in [1.807, 2.05) is 0 Å². The molecule has 0 radical (unpaired) electrons. The number of carbonyl (C=O) groups is 2. The molecule has 2 aromatic rings. The lowest BCUT2D eigenvalue weighted by molar-refractivity contribution is -0.385. The molecule has 2 aromatic carbocycles. The van der Waals surface area contributed by atoms with Crippen LogP contribution in [0.3, 0.4) is 0 Å². The van der Waals surface area contributed by atoms with Gasteiger partial charge >= 0.3 is 5.97 Å². The van der Waals surface area contributed by atoms with Crippen LogP contribution in [0.2, 0.25) is 0 Å². The normalized spacial score (nSPS) is 10.3. The largest absolute Gasteiger partial charge is 0.452 e. The molecule has 0 heterocycles. The van der Waals surface area contributed by atoms with E-state index in [9.17, 15) is 24.1 Å². The van der Waals surface area contributed by atoms with Crippen molar-refractivity contribution in [2.75, 3.05) is 13.7 Å². The molecule has 0 fully saturated rings. The minimum absolute atomic E-state index is 0.0214. The predicted molar refractivity (Wildman–Crippen MR) is 91.0 cm³/mol. The van der Waals surface area contributed by atoms with Crippen LogP contribution in [-0.2, 0) is 16.1 Å². The van der Waals surface area contributed by atoms with E-state index >= 15 is 0 Å². The van der Waals surface area contributed by atoms with Gasteiger partial charge in [0.1, 0.15) is 5.82 Å². The van der Waals surface area contributed by atoms with Crippen molar-refractivity contribution in [2.24, 2.45) is 0 Å². The lowest BCUT2D eigenvalue weighted by Crippen LogP contribution is -2.31. The molecule has 8 heteroatoms. The van der Waals surface area contributed by atoms with Gasteiger partial charge in [0.15, 0.2) is 6.61 Å². The lowest BCUT2D eigenvalue weighted by atomic mass is 10.1. The molecule has 0 aliphatic rings. The smallest absolute Gasteiger partial charge is 0.338 e. The van der Waals surface area contributed by atoms with Gasteiger partial charge in [-0.2, -0.15) is 0 Å². The summed E-state index contributed by atoms with van der Waals surface area (Å²) in [6, 6.07) is 9.96. The van der Waals surface area contributed by atoms with Crippen molar-refractivity contribution < 1.29 is 23.6 Å². The molecule has 2 rings (SSSR count). The Kier molecular flexibility index (Phi) is 6.00. The van der Waals surface area contributed by atoms with E-state index in [4.69, 9.17) is 4.74 Å². The highest BCUT2D eigenvalue weighted by atomic mass is 19.1. The number of benzene rings is 2. The third-order valence-corrected chi connectivity index (χ3v) is 3.76. The van der Waals surface area contributed by atoms with Crippen molar-refractivity contribution in [3.63, 3.8) is 0 Å². The maximum atomic E-state index is 13.6. The molecule has 0 saturated carbocycles. The van der Waals surface area contributed by atoms with Crippen LogP contribution in [-0.4, -0.2) is 35.4 Å². The summed E-state index contributed by atoms with van der Waals surface area (Å²) < 4.78 is 18.5. The number of ether oxygens (including phenoxy) is 1. The third-order valence-electron chi connectivity index (χ3n) is 3.76. The van der Waals surface area contributed by atoms with Crippen LogP contribution in [0, 0.1) is 22.9 Å². The first-order valence-corrected chi connectivity index (χ1v) is 7.69. The summed E-state index contributed by atoms with van der Waals surface area (Å²) in [6.45, 7) is 1.03. The molecule has 0 atom stereocenters. The van der Waals surface area contributed by atoms with Crippen molar-refractivity contribution in [1.29, 1.82) is 0 Å². The lowest BCUT2D eigenvalue weighted by Gasteiger charge is -2.17. The molecule has 0 aromatic heterocycles. The van der Waals surface area contributed by atoms with Crippen LogP contribution in [0.1, 0.15) is 21.5 Å². The maximum absolute atomic E-state index is 13.6. The minimum Gasteiger partial charge on any atom is -0.452 e. The molecule has 0 spiro atoms. The van der Waals surface area contributed by atoms with Crippen molar-refractivity contribution in [3.8, 4) is 0 Å². The summed E-state index contributed by atoms with van der Waals surface area (Å²) in [5.74, 6) is -1.81. The number of nitro groups is 1. The number of amides is 1. The average molecular weight is 360 g/mol. The van der Waals surface area contributed by atoms with E-state index < -0.39 is 29.2 Å². The molecule has 0 saturated heterocycles. The third kappa shape index (κ3) is 4.62. The molecular weight excluding hydrogens is 343 g/mol. The molecule has 1 amide bonds. The molecule has 136 valence electrons. The minimum atomic E-state index is -0.847. The summed E-state index contributed by atoms with van der Waals surface area (Å²) in [5.41, 5.74) is 0.519. The van der Waals surface area contributed by atoms with Crippen LogP contribution < -0.4 is 0 Å². The molecule has 0 bridgehead atoms. The highest BCUT2D eigenvalue weighted by molar-refractivity contribution is 5.92. The zero-order chi connectivity index (χ0) is 19.3. The molecular formula is C18H17FN2O5. The number of likely N-dealkylation sites (N-methyl/N-ethyl adjacent to an activating group) is 1. The van der Waals surface area contributed by atoms with Crippen molar-refractivity contribution in [1.82, 2.24) is 4.90 Å². The maximum Gasteiger partial charge on any atom is 0.338 e. The van der Waals surface area contributed by atoms with E-state index in [0.29, 0.717) is 11.1 Å². The number of hydrogen-bond acceptors (Lipinski definition) is 5. The zero-order valence-corrected chi connectivity index (χ0v) is 14.3. The number of carbonyl (C=O) groups excluding carboxylic acids is 2. The average Bonchev–Trinajstić information content (AvgIpc) is 2.61. The summed E-state index contributed by atoms with van der Waals surface area (Å²) >= 11 is 0. The Bertz CT molecular complexity index is 853. The predicted octanol–water partition coefficient (Wildman–Crippen LogP) is 2.86.